The average Bonchev–Trinajstić information content (AvgIpc) is 3.24. The third kappa shape index (κ3) is 10.2. The third-order valence-electron chi connectivity index (χ3n) is 5.82. The first-order valence-corrected chi connectivity index (χ1v) is 13.2. The lowest BCUT2D eigenvalue weighted by Gasteiger charge is -2.24. The number of carbonyl (C=O) groups excluding carboxylic acids is 1. The molecular formula is C26H43N5OS. The summed E-state index contributed by atoms with van der Waals surface area (Å²) in [6.07, 6.45) is 3.33. The van der Waals surface area contributed by atoms with E-state index in [1.165, 1.54) is 22.7 Å². The molecule has 0 spiro atoms. The molecule has 1 atom stereocenters. The summed E-state index contributed by atoms with van der Waals surface area (Å²) in [7, 11) is 0. The molecule has 184 valence electrons. The molecule has 0 aliphatic rings. The highest BCUT2D eigenvalue weighted by Gasteiger charge is 2.17. The van der Waals surface area contributed by atoms with Gasteiger partial charge in [-0.05, 0) is 57.8 Å². The van der Waals surface area contributed by atoms with Crippen LogP contribution in [-0.4, -0.2) is 58.9 Å². The summed E-state index contributed by atoms with van der Waals surface area (Å²) in [5, 5.41) is 4.08. The minimum Gasteiger partial charge on any atom is -0.354 e. The summed E-state index contributed by atoms with van der Waals surface area (Å²) in [5.74, 6) is 1.44. The first-order chi connectivity index (χ1) is 15.8. The predicted octanol–water partition coefficient (Wildman–Crippen LogP) is 4.92. The van der Waals surface area contributed by atoms with E-state index in [4.69, 9.17) is 4.98 Å². The number of amides is 1. The Kier molecular flexibility index (Phi) is 11.8. The summed E-state index contributed by atoms with van der Waals surface area (Å²) >= 11 is 1.43. The summed E-state index contributed by atoms with van der Waals surface area (Å²) in [6, 6.07) is 8.72. The second-order valence-corrected chi connectivity index (χ2v) is 10.1. The van der Waals surface area contributed by atoms with Gasteiger partial charge in [0, 0.05) is 43.5 Å². The number of rotatable bonds is 15. The summed E-state index contributed by atoms with van der Waals surface area (Å²) in [6.45, 7) is 17.8. The molecular weight excluding hydrogens is 430 g/mol. The number of nitrogens with one attached hydrogen (secondary N) is 1. The van der Waals surface area contributed by atoms with Gasteiger partial charge in [-0.15, -0.1) is 0 Å². The molecule has 1 amide bonds. The highest BCUT2D eigenvalue weighted by Crippen LogP contribution is 2.21. The molecule has 0 aliphatic heterocycles. The van der Waals surface area contributed by atoms with Gasteiger partial charge in [0.25, 0.3) is 0 Å². The molecule has 0 bridgehead atoms. The zero-order valence-electron chi connectivity index (χ0n) is 21.4. The van der Waals surface area contributed by atoms with Crippen LogP contribution in [-0.2, 0) is 11.2 Å². The van der Waals surface area contributed by atoms with Crippen LogP contribution < -0.4 is 10.2 Å². The van der Waals surface area contributed by atoms with Crippen LogP contribution in [0.5, 0.6) is 0 Å². The Hall–Kier alpha value is -1.99. The summed E-state index contributed by atoms with van der Waals surface area (Å²) in [5.41, 5.74) is 2.47. The fraction of sp³-hybridized carbons (Fsp3) is 0.654. The smallest absolute Gasteiger partial charge is 0.221 e. The van der Waals surface area contributed by atoms with Crippen molar-refractivity contribution in [2.24, 2.45) is 5.92 Å². The molecule has 0 aliphatic carbocycles. The van der Waals surface area contributed by atoms with Crippen molar-refractivity contribution in [3.63, 3.8) is 0 Å². The molecule has 0 saturated heterocycles. The second-order valence-electron chi connectivity index (χ2n) is 9.38. The van der Waals surface area contributed by atoms with Gasteiger partial charge < -0.3 is 15.1 Å². The Morgan fingerprint density at radius 3 is 2.42 bits per heavy atom. The topological polar surface area (TPSA) is 61.4 Å². The molecule has 1 heterocycles. The Morgan fingerprint density at radius 2 is 1.79 bits per heavy atom. The third-order valence-corrected chi connectivity index (χ3v) is 6.63. The van der Waals surface area contributed by atoms with Gasteiger partial charge in [-0.25, -0.2) is 4.98 Å². The van der Waals surface area contributed by atoms with Gasteiger partial charge in [-0.3, -0.25) is 4.79 Å². The first kappa shape index (κ1) is 27.3. The highest BCUT2D eigenvalue weighted by molar-refractivity contribution is 7.09. The molecule has 1 aromatic carbocycles. The molecule has 2 aromatic rings. The molecule has 0 fully saturated rings. The quantitative estimate of drug-likeness (QED) is 0.398. The number of nitrogens with zero attached hydrogens (tertiary/aromatic N) is 4. The lowest BCUT2D eigenvalue weighted by atomic mass is 10.1. The Labute approximate surface area is 205 Å². The molecule has 0 radical (unpaired) electrons. The van der Waals surface area contributed by atoms with Gasteiger partial charge >= 0.3 is 0 Å². The lowest BCUT2D eigenvalue weighted by molar-refractivity contribution is -0.121. The van der Waals surface area contributed by atoms with Crippen LogP contribution >= 0.6 is 11.5 Å². The van der Waals surface area contributed by atoms with Crippen LogP contribution in [0.15, 0.2) is 24.3 Å². The lowest BCUT2D eigenvalue weighted by Crippen LogP contribution is -2.37. The largest absolute Gasteiger partial charge is 0.354 e. The number of carbonyl (C=O) groups is 1. The predicted molar refractivity (Wildman–Crippen MR) is 140 cm³/mol. The number of hydrogen-bond acceptors (Lipinski definition) is 6. The molecule has 1 N–H and O–H groups in total. The fourth-order valence-electron chi connectivity index (χ4n) is 3.86. The van der Waals surface area contributed by atoms with Crippen LogP contribution in [0.2, 0.25) is 0 Å². The van der Waals surface area contributed by atoms with E-state index in [2.05, 4.69) is 85.3 Å². The monoisotopic (exact) mass is 473 g/mol. The summed E-state index contributed by atoms with van der Waals surface area (Å²) < 4.78 is 4.58. The standard InChI is InChI=1S/C26H43N5OS/c1-7-30(8-2)16-9-10-22(6)27-25(32)15-17-31(19-20(3)4)26-28-24(29-33-26)18-23-13-11-21(5)12-14-23/h11-14,20,22H,7-10,15-19H2,1-6H3,(H,27,32). The molecule has 1 aromatic heterocycles. The molecule has 6 nitrogen and oxygen atoms in total. The van der Waals surface area contributed by atoms with E-state index in [1.807, 2.05) is 0 Å². The molecule has 1 unspecified atom stereocenters. The number of aryl methyl sites for hydroxylation is 1. The van der Waals surface area contributed by atoms with Crippen molar-refractivity contribution >= 4 is 22.6 Å². The van der Waals surface area contributed by atoms with Gasteiger partial charge in [0.2, 0.25) is 11.0 Å². The molecule has 7 heteroatoms. The number of anilines is 1. The van der Waals surface area contributed by atoms with Crippen molar-refractivity contribution in [1.29, 1.82) is 0 Å². The average molecular weight is 474 g/mol. The minimum absolute atomic E-state index is 0.114. The molecule has 2 rings (SSSR count). The van der Waals surface area contributed by atoms with Gasteiger partial charge in [-0.2, -0.15) is 4.37 Å². The minimum atomic E-state index is 0.114. The van der Waals surface area contributed by atoms with E-state index >= 15 is 0 Å². The zero-order valence-corrected chi connectivity index (χ0v) is 22.2. The fourth-order valence-corrected chi connectivity index (χ4v) is 4.58. The van der Waals surface area contributed by atoms with Crippen molar-refractivity contribution in [3.8, 4) is 0 Å². The van der Waals surface area contributed by atoms with Gasteiger partial charge in [0.1, 0.15) is 5.82 Å². The number of benzene rings is 1. The van der Waals surface area contributed by atoms with Crippen molar-refractivity contribution < 1.29 is 4.79 Å². The maximum absolute atomic E-state index is 12.6. The first-order valence-electron chi connectivity index (χ1n) is 12.4. The van der Waals surface area contributed by atoms with Crippen molar-refractivity contribution in [1.82, 2.24) is 19.6 Å². The second kappa shape index (κ2) is 14.3. The molecule has 33 heavy (non-hydrogen) atoms. The van der Waals surface area contributed by atoms with E-state index in [9.17, 15) is 4.79 Å². The van der Waals surface area contributed by atoms with Crippen LogP contribution in [0.4, 0.5) is 5.13 Å². The van der Waals surface area contributed by atoms with Crippen LogP contribution in [0, 0.1) is 12.8 Å². The SMILES string of the molecule is CCN(CC)CCCC(C)NC(=O)CCN(CC(C)C)c1nc(Cc2ccc(C)cc2)ns1. The Bertz CT molecular complexity index is 816. The van der Waals surface area contributed by atoms with E-state index in [0.29, 0.717) is 18.9 Å². The van der Waals surface area contributed by atoms with E-state index in [0.717, 1.165) is 56.4 Å². The van der Waals surface area contributed by atoms with Crippen LogP contribution in [0.25, 0.3) is 0 Å². The van der Waals surface area contributed by atoms with Crippen molar-refractivity contribution in [2.75, 3.05) is 37.6 Å². The maximum atomic E-state index is 12.6. The number of aromatic nitrogens is 2. The maximum Gasteiger partial charge on any atom is 0.221 e. The van der Waals surface area contributed by atoms with Crippen LogP contribution in [0.1, 0.15) is 70.8 Å². The zero-order chi connectivity index (χ0) is 24.2. The highest BCUT2D eigenvalue weighted by atomic mass is 32.1. The van der Waals surface area contributed by atoms with E-state index in [1.54, 1.807) is 0 Å². The van der Waals surface area contributed by atoms with Crippen LogP contribution in [0.3, 0.4) is 0 Å². The Balaban J connectivity index is 1.85. The summed E-state index contributed by atoms with van der Waals surface area (Å²) in [4.78, 5) is 22.0. The van der Waals surface area contributed by atoms with Crippen molar-refractivity contribution in [2.45, 2.75) is 73.3 Å². The van der Waals surface area contributed by atoms with Gasteiger partial charge in [0.15, 0.2) is 0 Å². The normalized spacial score (nSPS) is 12.4. The number of hydrogen-bond donors (Lipinski definition) is 1. The Morgan fingerprint density at radius 1 is 1.09 bits per heavy atom. The molecule has 0 saturated carbocycles. The van der Waals surface area contributed by atoms with Gasteiger partial charge in [-0.1, -0.05) is 57.5 Å². The van der Waals surface area contributed by atoms with E-state index < -0.39 is 0 Å². The van der Waals surface area contributed by atoms with E-state index in [-0.39, 0.29) is 11.9 Å². The van der Waals surface area contributed by atoms with Crippen molar-refractivity contribution in [3.05, 3.63) is 41.2 Å². The van der Waals surface area contributed by atoms with Gasteiger partial charge in [0.05, 0.1) is 0 Å².